The van der Waals surface area contributed by atoms with Crippen molar-refractivity contribution in [1.29, 1.82) is 0 Å². The Morgan fingerprint density at radius 1 is 1.35 bits per heavy atom. The van der Waals surface area contributed by atoms with Crippen molar-refractivity contribution >= 4 is 29.2 Å². The van der Waals surface area contributed by atoms with Gasteiger partial charge in [-0.05, 0) is 44.1 Å². The van der Waals surface area contributed by atoms with Crippen LogP contribution in [0.1, 0.15) is 30.1 Å². The molecule has 3 N–H and O–H groups in total. The lowest BCUT2D eigenvalue weighted by molar-refractivity contribution is -0.126. The van der Waals surface area contributed by atoms with E-state index in [9.17, 15) is 9.59 Å². The number of hydrogen-bond donors (Lipinski definition) is 3. The van der Waals surface area contributed by atoms with Gasteiger partial charge in [-0.25, -0.2) is 4.79 Å². The molecule has 0 saturated carbocycles. The molecule has 1 fully saturated rings. The van der Waals surface area contributed by atoms with Crippen LogP contribution in [0.3, 0.4) is 0 Å². The van der Waals surface area contributed by atoms with Gasteiger partial charge in [0.2, 0.25) is 5.91 Å². The molecule has 0 aliphatic carbocycles. The first kappa shape index (κ1) is 14.8. The van der Waals surface area contributed by atoms with Crippen molar-refractivity contribution in [3.8, 4) is 0 Å². The topological polar surface area (TPSA) is 78.4 Å². The number of carbonyl (C=O) groups excluding carboxylic acids is 1. The molecule has 5 nitrogen and oxygen atoms in total. The predicted molar refractivity (Wildman–Crippen MR) is 77.3 cm³/mol. The lowest BCUT2D eigenvalue weighted by Gasteiger charge is -2.32. The molecular formula is C14H17ClN2O3. The molecule has 2 rings (SSSR count). The normalized spacial score (nSPS) is 17.5. The monoisotopic (exact) mass is 296 g/mol. The lowest BCUT2D eigenvalue weighted by Crippen LogP contribution is -2.42. The number of carboxylic acids is 1. The second-order valence-corrected chi connectivity index (χ2v) is 5.67. The zero-order valence-corrected chi connectivity index (χ0v) is 12.0. The van der Waals surface area contributed by atoms with Crippen LogP contribution >= 0.6 is 11.6 Å². The van der Waals surface area contributed by atoms with Gasteiger partial charge in [0.15, 0.2) is 0 Å². The standard InChI is InChI=1S/C14H17ClN2O3/c1-14(4-6-16-7-5-14)13(20)17-11-3-2-9(12(18)19)8-10(11)15/h2-3,8,16H,4-7H2,1H3,(H,17,20)(H,18,19). The number of carbonyl (C=O) groups is 2. The summed E-state index contributed by atoms with van der Waals surface area (Å²) in [4.78, 5) is 23.2. The Labute approximate surface area is 122 Å². The van der Waals surface area contributed by atoms with E-state index in [0.717, 1.165) is 25.9 Å². The molecule has 1 saturated heterocycles. The smallest absolute Gasteiger partial charge is 0.335 e. The van der Waals surface area contributed by atoms with Crippen LogP contribution in [0.25, 0.3) is 0 Å². The Bertz CT molecular complexity index is 539. The molecule has 1 aromatic carbocycles. The number of nitrogens with one attached hydrogen (secondary N) is 2. The first-order valence-electron chi connectivity index (χ1n) is 6.47. The summed E-state index contributed by atoms with van der Waals surface area (Å²) in [7, 11) is 0. The Morgan fingerprint density at radius 2 is 2.00 bits per heavy atom. The Kier molecular flexibility index (Phi) is 4.30. The van der Waals surface area contributed by atoms with Crippen LogP contribution in [-0.4, -0.2) is 30.1 Å². The van der Waals surface area contributed by atoms with Gasteiger partial charge in [-0.3, -0.25) is 4.79 Å². The molecule has 0 spiro atoms. The number of benzene rings is 1. The number of rotatable bonds is 3. The summed E-state index contributed by atoms with van der Waals surface area (Å²) in [5.41, 5.74) is 0.127. The van der Waals surface area contributed by atoms with Crippen molar-refractivity contribution in [2.45, 2.75) is 19.8 Å². The zero-order chi connectivity index (χ0) is 14.8. The Hall–Kier alpha value is -1.59. The molecule has 6 heteroatoms. The molecule has 0 atom stereocenters. The van der Waals surface area contributed by atoms with Gasteiger partial charge in [0.05, 0.1) is 16.3 Å². The van der Waals surface area contributed by atoms with Crippen LogP contribution in [0.4, 0.5) is 5.69 Å². The van der Waals surface area contributed by atoms with Crippen LogP contribution in [0.2, 0.25) is 5.02 Å². The third-order valence-electron chi connectivity index (χ3n) is 3.72. The van der Waals surface area contributed by atoms with Crippen molar-refractivity contribution in [2.24, 2.45) is 5.41 Å². The van der Waals surface area contributed by atoms with Crippen LogP contribution < -0.4 is 10.6 Å². The van der Waals surface area contributed by atoms with Gasteiger partial charge in [0.1, 0.15) is 0 Å². The molecule has 20 heavy (non-hydrogen) atoms. The lowest BCUT2D eigenvalue weighted by atomic mass is 9.80. The fourth-order valence-electron chi connectivity index (χ4n) is 2.23. The summed E-state index contributed by atoms with van der Waals surface area (Å²) in [5.74, 6) is -1.13. The fourth-order valence-corrected chi connectivity index (χ4v) is 2.46. The van der Waals surface area contributed by atoms with Crippen LogP contribution in [0, 0.1) is 5.41 Å². The van der Waals surface area contributed by atoms with E-state index in [2.05, 4.69) is 10.6 Å². The summed E-state index contributed by atoms with van der Waals surface area (Å²) in [5, 5.41) is 15.1. The van der Waals surface area contributed by atoms with Crippen molar-refractivity contribution in [3.63, 3.8) is 0 Å². The number of aromatic carboxylic acids is 1. The summed E-state index contributed by atoms with van der Waals surface area (Å²) in [6, 6.07) is 4.28. The highest BCUT2D eigenvalue weighted by molar-refractivity contribution is 6.34. The summed E-state index contributed by atoms with van der Waals surface area (Å²) >= 11 is 6.01. The number of anilines is 1. The molecular weight excluding hydrogens is 280 g/mol. The zero-order valence-electron chi connectivity index (χ0n) is 11.2. The number of carboxylic acid groups (broad SMARTS) is 1. The SMILES string of the molecule is CC1(C(=O)Nc2ccc(C(=O)O)cc2Cl)CCNCC1. The summed E-state index contributed by atoms with van der Waals surface area (Å²) in [6.45, 7) is 3.56. The van der Waals surface area contributed by atoms with Gasteiger partial charge in [0.25, 0.3) is 0 Å². The maximum Gasteiger partial charge on any atom is 0.335 e. The van der Waals surface area contributed by atoms with Gasteiger partial charge in [0, 0.05) is 5.41 Å². The van der Waals surface area contributed by atoms with E-state index >= 15 is 0 Å². The summed E-state index contributed by atoms with van der Waals surface area (Å²) < 4.78 is 0. The molecule has 1 heterocycles. The second kappa shape index (κ2) is 5.81. The van der Waals surface area contributed by atoms with Crippen molar-refractivity contribution in [1.82, 2.24) is 5.32 Å². The van der Waals surface area contributed by atoms with E-state index in [1.807, 2.05) is 6.92 Å². The van der Waals surface area contributed by atoms with Crippen LogP contribution in [0.5, 0.6) is 0 Å². The van der Waals surface area contributed by atoms with Crippen molar-refractivity contribution < 1.29 is 14.7 Å². The van der Waals surface area contributed by atoms with E-state index in [1.54, 1.807) is 0 Å². The fraction of sp³-hybridized carbons (Fsp3) is 0.429. The highest BCUT2D eigenvalue weighted by Crippen LogP contribution is 2.31. The molecule has 1 amide bonds. The first-order valence-corrected chi connectivity index (χ1v) is 6.85. The van der Waals surface area contributed by atoms with Crippen molar-refractivity contribution in [3.05, 3.63) is 28.8 Å². The minimum Gasteiger partial charge on any atom is -0.478 e. The minimum absolute atomic E-state index is 0.0797. The Balaban J connectivity index is 2.13. The van der Waals surface area contributed by atoms with Gasteiger partial charge in [-0.1, -0.05) is 18.5 Å². The van der Waals surface area contributed by atoms with E-state index in [0.29, 0.717) is 5.69 Å². The number of piperidine rings is 1. The third-order valence-corrected chi connectivity index (χ3v) is 4.03. The largest absolute Gasteiger partial charge is 0.478 e. The van der Waals surface area contributed by atoms with E-state index < -0.39 is 11.4 Å². The number of amides is 1. The van der Waals surface area contributed by atoms with E-state index in [4.69, 9.17) is 16.7 Å². The van der Waals surface area contributed by atoms with E-state index in [-0.39, 0.29) is 16.5 Å². The molecule has 0 unspecified atom stereocenters. The van der Waals surface area contributed by atoms with Gasteiger partial charge >= 0.3 is 5.97 Å². The first-order chi connectivity index (χ1) is 9.42. The highest BCUT2D eigenvalue weighted by Gasteiger charge is 2.34. The number of halogens is 1. The van der Waals surface area contributed by atoms with Crippen molar-refractivity contribution in [2.75, 3.05) is 18.4 Å². The molecule has 1 aromatic rings. The van der Waals surface area contributed by atoms with Gasteiger partial charge in [-0.2, -0.15) is 0 Å². The average molecular weight is 297 g/mol. The maximum atomic E-state index is 12.3. The van der Waals surface area contributed by atoms with Crippen LogP contribution in [-0.2, 0) is 4.79 Å². The van der Waals surface area contributed by atoms with Gasteiger partial charge < -0.3 is 15.7 Å². The molecule has 1 aliphatic rings. The molecule has 0 aromatic heterocycles. The minimum atomic E-state index is -1.05. The third kappa shape index (κ3) is 3.11. The maximum absolute atomic E-state index is 12.3. The molecule has 1 aliphatic heterocycles. The second-order valence-electron chi connectivity index (χ2n) is 5.26. The Morgan fingerprint density at radius 3 is 2.55 bits per heavy atom. The molecule has 108 valence electrons. The van der Waals surface area contributed by atoms with Crippen LogP contribution in [0.15, 0.2) is 18.2 Å². The predicted octanol–water partition coefficient (Wildman–Crippen LogP) is 2.37. The summed E-state index contributed by atoms with van der Waals surface area (Å²) in [6.07, 6.45) is 1.54. The highest BCUT2D eigenvalue weighted by atomic mass is 35.5. The quantitative estimate of drug-likeness (QED) is 0.800. The average Bonchev–Trinajstić information content (AvgIpc) is 2.41. The number of hydrogen-bond acceptors (Lipinski definition) is 3. The van der Waals surface area contributed by atoms with E-state index in [1.165, 1.54) is 18.2 Å². The molecule has 0 bridgehead atoms. The molecule has 0 radical (unpaired) electrons. The van der Waals surface area contributed by atoms with Gasteiger partial charge in [-0.15, -0.1) is 0 Å².